The number of aromatic nitrogens is 2. The summed E-state index contributed by atoms with van der Waals surface area (Å²) in [6, 6.07) is 15.1. The number of para-hydroxylation sites is 1. The van der Waals surface area contributed by atoms with Crippen LogP contribution in [0.4, 0.5) is 10.8 Å². The van der Waals surface area contributed by atoms with Crippen molar-refractivity contribution in [3.8, 4) is 6.07 Å². The highest BCUT2D eigenvalue weighted by atomic mass is 35.5. The first kappa shape index (κ1) is 29.1. The molecule has 3 aromatic rings. The van der Waals surface area contributed by atoms with E-state index in [0.717, 1.165) is 16.8 Å². The Kier molecular flexibility index (Phi) is 8.17. The Morgan fingerprint density at radius 3 is 2.54 bits per heavy atom. The molecule has 12 heteroatoms. The summed E-state index contributed by atoms with van der Waals surface area (Å²) < 4.78 is 0.524. The fraction of sp³-hybridized carbons (Fsp3) is 0.276. The number of nitrogens with zero attached hydrogens (tertiary/aromatic N) is 4. The van der Waals surface area contributed by atoms with E-state index in [4.69, 9.17) is 28.9 Å². The van der Waals surface area contributed by atoms with Gasteiger partial charge in [0.1, 0.15) is 5.82 Å². The van der Waals surface area contributed by atoms with E-state index in [-0.39, 0.29) is 28.7 Å². The van der Waals surface area contributed by atoms with Gasteiger partial charge in [0.2, 0.25) is 11.0 Å². The van der Waals surface area contributed by atoms with Crippen LogP contribution in [0.1, 0.15) is 43.7 Å². The molecule has 1 aliphatic heterocycles. The number of amides is 1. The standard InChI is InChI=1S/C29H26Cl2N6O2S2/c1-15-7-9-16(10-8-15)23-17(13-32)26(33)37(20-11-29(2,3)12-21(38)24(20)23)27-35-36-28(41-27)40-14-22(39)34-25-18(30)5-4-6-19(25)31/h4-10,23H,11-12,14,33H2,1-3H3,(H,34,39). The Morgan fingerprint density at radius 1 is 1.20 bits per heavy atom. The zero-order valence-electron chi connectivity index (χ0n) is 22.5. The van der Waals surface area contributed by atoms with Gasteiger partial charge in [-0.05, 0) is 36.5 Å². The van der Waals surface area contributed by atoms with E-state index in [9.17, 15) is 14.9 Å². The molecular formula is C29H26Cl2N6O2S2. The van der Waals surface area contributed by atoms with Crippen molar-refractivity contribution in [2.75, 3.05) is 16.0 Å². The first-order chi connectivity index (χ1) is 19.5. The number of halogens is 2. The second-order valence-electron chi connectivity index (χ2n) is 10.7. The number of carbonyl (C=O) groups excluding carboxylic acids is 2. The van der Waals surface area contributed by atoms with Gasteiger partial charge in [0.05, 0.1) is 39.0 Å². The first-order valence-corrected chi connectivity index (χ1v) is 15.3. The van der Waals surface area contributed by atoms with Gasteiger partial charge in [0.25, 0.3) is 0 Å². The monoisotopic (exact) mass is 624 g/mol. The Morgan fingerprint density at radius 2 is 1.88 bits per heavy atom. The molecule has 0 bridgehead atoms. The number of nitrogens with one attached hydrogen (secondary N) is 1. The predicted molar refractivity (Wildman–Crippen MR) is 164 cm³/mol. The lowest BCUT2D eigenvalue weighted by atomic mass is 9.68. The molecule has 1 atom stereocenters. The minimum absolute atomic E-state index is 0.0129. The largest absolute Gasteiger partial charge is 0.384 e. The molecule has 2 aromatic carbocycles. The van der Waals surface area contributed by atoms with Gasteiger partial charge >= 0.3 is 0 Å². The summed E-state index contributed by atoms with van der Waals surface area (Å²) in [5.41, 5.74) is 10.2. The number of carbonyl (C=O) groups is 2. The second kappa shape index (κ2) is 11.5. The number of nitrogens with two attached hydrogens (primary N) is 1. The first-order valence-electron chi connectivity index (χ1n) is 12.7. The van der Waals surface area contributed by atoms with Crippen LogP contribution in [0.3, 0.4) is 0 Å². The highest BCUT2D eigenvalue weighted by Crippen LogP contribution is 2.50. The SMILES string of the molecule is Cc1ccc(C2C(C#N)=C(N)N(c3nnc(SCC(=O)Nc4c(Cl)cccc4Cl)s3)C3=C2C(=O)CC(C)(C)C3)cc1. The molecule has 1 unspecified atom stereocenters. The number of anilines is 2. The summed E-state index contributed by atoms with van der Waals surface area (Å²) in [4.78, 5) is 28.0. The van der Waals surface area contributed by atoms with Crippen molar-refractivity contribution >= 4 is 68.8 Å². The summed E-state index contributed by atoms with van der Waals surface area (Å²) in [5.74, 6) is -0.615. The molecule has 1 amide bonds. The van der Waals surface area contributed by atoms with E-state index in [1.807, 2.05) is 45.0 Å². The molecule has 210 valence electrons. The Labute approximate surface area is 256 Å². The lowest BCUT2D eigenvalue weighted by Gasteiger charge is -2.42. The fourth-order valence-corrected chi connectivity index (χ4v) is 7.26. The molecule has 0 saturated carbocycles. The Balaban J connectivity index is 1.46. The van der Waals surface area contributed by atoms with Crippen LogP contribution >= 0.6 is 46.3 Å². The lowest BCUT2D eigenvalue weighted by molar-refractivity contribution is -0.118. The zero-order chi connectivity index (χ0) is 29.5. The highest BCUT2D eigenvalue weighted by molar-refractivity contribution is 8.01. The third-order valence-corrected chi connectivity index (χ3v) is 9.60. The number of benzene rings is 2. The fourth-order valence-electron chi connectivity index (χ4n) is 5.09. The molecule has 0 spiro atoms. The Hall–Kier alpha value is -3.36. The van der Waals surface area contributed by atoms with E-state index in [1.54, 1.807) is 23.1 Å². The number of hydrogen-bond donors (Lipinski definition) is 2. The van der Waals surface area contributed by atoms with Crippen molar-refractivity contribution in [2.45, 2.75) is 43.9 Å². The number of allylic oxidation sites excluding steroid dienone is 3. The molecule has 41 heavy (non-hydrogen) atoms. The van der Waals surface area contributed by atoms with Gasteiger partial charge in [-0.15, -0.1) is 10.2 Å². The van der Waals surface area contributed by atoms with E-state index in [1.165, 1.54) is 23.1 Å². The topological polar surface area (TPSA) is 125 Å². The third-order valence-electron chi connectivity index (χ3n) is 6.93. The molecule has 5 rings (SSSR count). The normalized spacial score (nSPS) is 18.3. The molecule has 0 fully saturated rings. The summed E-state index contributed by atoms with van der Waals surface area (Å²) in [6.07, 6.45) is 0.932. The van der Waals surface area contributed by atoms with Crippen LogP contribution in [-0.2, 0) is 9.59 Å². The lowest BCUT2D eigenvalue weighted by Crippen LogP contribution is -2.42. The van der Waals surface area contributed by atoms with E-state index < -0.39 is 5.92 Å². The zero-order valence-corrected chi connectivity index (χ0v) is 25.6. The number of aryl methyl sites for hydroxylation is 1. The van der Waals surface area contributed by atoms with Crippen molar-refractivity contribution in [2.24, 2.45) is 11.1 Å². The second-order valence-corrected chi connectivity index (χ2v) is 13.7. The van der Waals surface area contributed by atoms with Crippen LogP contribution in [0.2, 0.25) is 10.0 Å². The van der Waals surface area contributed by atoms with Crippen LogP contribution in [0, 0.1) is 23.7 Å². The highest BCUT2D eigenvalue weighted by Gasteiger charge is 2.45. The molecule has 3 N–H and O–H groups in total. The number of thioether (sulfide) groups is 1. The van der Waals surface area contributed by atoms with Crippen LogP contribution in [0.5, 0.6) is 0 Å². The van der Waals surface area contributed by atoms with Gasteiger partial charge < -0.3 is 11.1 Å². The maximum absolute atomic E-state index is 13.7. The summed E-state index contributed by atoms with van der Waals surface area (Å²) in [7, 11) is 0. The van der Waals surface area contributed by atoms with Gasteiger partial charge in [0.15, 0.2) is 10.1 Å². The maximum Gasteiger partial charge on any atom is 0.234 e. The van der Waals surface area contributed by atoms with Crippen molar-refractivity contribution < 1.29 is 9.59 Å². The van der Waals surface area contributed by atoms with Crippen molar-refractivity contribution in [1.29, 1.82) is 5.26 Å². The van der Waals surface area contributed by atoms with Crippen LogP contribution in [-0.4, -0.2) is 27.6 Å². The molecule has 0 radical (unpaired) electrons. The van der Waals surface area contributed by atoms with Gasteiger partial charge in [-0.25, -0.2) is 0 Å². The van der Waals surface area contributed by atoms with Gasteiger partial charge in [-0.2, -0.15) is 5.26 Å². The average Bonchev–Trinajstić information content (AvgIpc) is 3.37. The molecule has 1 aromatic heterocycles. The smallest absolute Gasteiger partial charge is 0.234 e. The van der Waals surface area contributed by atoms with Crippen LogP contribution in [0.25, 0.3) is 0 Å². The summed E-state index contributed by atoms with van der Waals surface area (Å²) in [5, 5.41) is 22.7. The maximum atomic E-state index is 13.7. The van der Waals surface area contributed by atoms with Gasteiger partial charge in [-0.3, -0.25) is 14.5 Å². The van der Waals surface area contributed by atoms with Crippen molar-refractivity contribution in [3.63, 3.8) is 0 Å². The number of rotatable bonds is 6. The van der Waals surface area contributed by atoms with E-state index in [0.29, 0.717) is 49.2 Å². The minimum atomic E-state index is -0.558. The third kappa shape index (κ3) is 5.86. The molecule has 1 aliphatic carbocycles. The minimum Gasteiger partial charge on any atom is -0.384 e. The van der Waals surface area contributed by atoms with Gasteiger partial charge in [-0.1, -0.05) is 96.0 Å². The average molecular weight is 626 g/mol. The molecule has 2 aliphatic rings. The summed E-state index contributed by atoms with van der Waals surface area (Å²) >= 11 is 14.7. The van der Waals surface area contributed by atoms with Crippen molar-refractivity contribution in [3.05, 3.63) is 86.3 Å². The molecule has 2 heterocycles. The Bertz CT molecular complexity index is 1640. The molecule has 8 nitrogen and oxygen atoms in total. The number of ketones is 1. The van der Waals surface area contributed by atoms with Crippen molar-refractivity contribution in [1.82, 2.24) is 10.2 Å². The predicted octanol–water partition coefficient (Wildman–Crippen LogP) is 6.83. The molecular weight excluding hydrogens is 599 g/mol. The quantitative estimate of drug-likeness (QED) is 0.286. The van der Waals surface area contributed by atoms with E-state index >= 15 is 0 Å². The van der Waals surface area contributed by atoms with Gasteiger partial charge in [0, 0.05) is 17.7 Å². The van der Waals surface area contributed by atoms with E-state index in [2.05, 4.69) is 21.6 Å². The number of Topliss-reactive ketones (excluding diaryl/α,β-unsaturated/α-hetero) is 1. The number of nitriles is 1. The van der Waals surface area contributed by atoms with Crippen LogP contribution in [0.15, 0.2) is 69.5 Å². The summed E-state index contributed by atoms with van der Waals surface area (Å²) in [6.45, 7) is 6.07. The molecule has 0 saturated heterocycles. The van der Waals surface area contributed by atoms with Crippen LogP contribution < -0.4 is 16.0 Å². The number of hydrogen-bond acceptors (Lipinski definition) is 9.